The van der Waals surface area contributed by atoms with Crippen molar-refractivity contribution in [3.05, 3.63) is 62.1 Å². The molecule has 0 spiro atoms. The van der Waals surface area contributed by atoms with Crippen LogP contribution in [0.4, 0.5) is 17.1 Å². The Morgan fingerprint density at radius 3 is 2.29 bits per heavy atom. The van der Waals surface area contributed by atoms with E-state index >= 15 is 0 Å². The highest BCUT2D eigenvalue weighted by atomic mass is 79.9. The second-order valence-corrected chi connectivity index (χ2v) is 5.68. The van der Waals surface area contributed by atoms with Gasteiger partial charge in [-0.25, -0.2) is 0 Å². The van der Waals surface area contributed by atoms with Gasteiger partial charge < -0.3 is 10.6 Å². The summed E-state index contributed by atoms with van der Waals surface area (Å²) >= 11 is 14.5. The molecular formula is C13H9BrClN3O2S. The molecule has 0 amide bonds. The van der Waals surface area contributed by atoms with Crippen molar-refractivity contribution in [1.29, 1.82) is 0 Å². The van der Waals surface area contributed by atoms with Gasteiger partial charge in [-0.15, -0.1) is 0 Å². The number of nitro groups is 1. The fraction of sp³-hybridized carbons (Fsp3) is 0. The van der Waals surface area contributed by atoms with E-state index in [0.717, 1.165) is 10.2 Å². The smallest absolute Gasteiger partial charge is 0.269 e. The van der Waals surface area contributed by atoms with Crippen molar-refractivity contribution in [2.24, 2.45) is 0 Å². The van der Waals surface area contributed by atoms with Gasteiger partial charge in [-0.1, -0.05) is 11.6 Å². The number of thiocarbonyl (C=S) groups is 1. The maximum Gasteiger partial charge on any atom is 0.269 e. The number of nitrogens with zero attached hydrogens (tertiary/aromatic N) is 1. The number of anilines is 2. The lowest BCUT2D eigenvalue weighted by atomic mass is 10.3. The van der Waals surface area contributed by atoms with Crippen molar-refractivity contribution >= 4 is 61.9 Å². The van der Waals surface area contributed by atoms with Gasteiger partial charge >= 0.3 is 0 Å². The van der Waals surface area contributed by atoms with Crippen molar-refractivity contribution in [3.8, 4) is 0 Å². The Hall–Kier alpha value is -1.70. The lowest BCUT2D eigenvalue weighted by Crippen LogP contribution is -2.18. The predicted octanol–water partition coefficient (Wildman–Crippen LogP) is 4.82. The molecular weight excluding hydrogens is 378 g/mol. The molecule has 0 bridgehead atoms. The number of rotatable bonds is 3. The average molecular weight is 387 g/mol. The standard InChI is InChI=1S/C13H9BrClN3O2S/c14-11-6-3-9(7-12(11)15)17-13(21)16-8-1-4-10(5-2-8)18(19)20/h1-7H,(H2,16,17,21). The first-order chi connectivity index (χ1) is 9.95. The molecule has 0 aliphatic heterocycles. The van der Waals surface area contributed by atoms with Crippen molar-refractivity contribution in [1.82, 2.24) is 0 Å². The van der Waals surface area contributed by atoms with Crippen LogP contribution in [-0.2, 0) is 0 Å². The Morgan fingerprint density at radius 2 is 1.71 bits per heavy atom. The van der Waals surface area contributed by atoms with Gasteiger partial charge in [-0.05, 0) is 58.5 Å². The highest BCUT2D eigenvalue weighted by Crippen LogP contribution is 2.25. The van der Waals surface area contributed by atoms with Crippen molar-refractivity contribution in [2.45, 2.75) is 0 Å². The van der Waals surface area contributed by atoms with Crippen LogP contribution in [0.2, 0.25) is 5.02 Å². The van der Waals surface area contributed by atoms with Crippen molar-refractivity contribution in [3.63, 3.8) is 0 Å². The normalized spacial score (nSPS) is 10.0. The minimum Gasteiger partial charge on any atom is -0.332 e. The van der Waals surface area contributed by atoms with Gasteiger partial charge in [-0.3, -0.25) is 10.1 Å². The van der Waals surface area contributed by atoms with Gasteiger partial charge in [0.2, 0.25) is 0 Å². The van der Waals surface area contributed by atoms with E-state index in [1.54, 1.807) is 24.3 Å². The van der Waals surface area contributed by atoms with Crippen LogP contribution in [0, 0.1) is 10.1 Å². The molecule has 0 aromatic heterocycles. The quantitative estimate of drug-likeness (QED) is 0.450. The SMILES string of the molecule is O=[N+]([O-])c1ccc(NC(=S)Nc2ccc(Br)c(Cl)c2)cc1. The predicted molar refractivity (Wildman–Crippen MR) is 92.1 cm³/mol. The minimum atomic E-state index is -0.454. The topological polar surface area (TPSA) is 67.2 Å². The maximum absolute atomic E-state index is 10.6. The van der Waals surface area contributed by atoms with Crippen LogP contribution in [-0.4, -0.2) is 10.0 Å². The summed E-state index contributed by atoms with van der Waals surface area (Å²) in [5.41, 5.74) is 1.42. The third-order valence-corrected chi connectivity index (χ3v) is 3.95. The van der Waals surface area contributed by atoms with Crippen LogP contribution in [0.25, 0.3) is 0 Å². The van der Waals surface area contributed by atoms with Crippen LogP contribution in [0.1, 0.15) is 0 Å². The molecule has 5 nitrogen and oxygen atoms in total. The molecule has 0 radical (unpaired) electrons. The second-order valence-electron chi connectivity index (χ2n) is 4.01. The van der Waals surface area contributed by atoms with Crippen LogP contribution >= 0.6 is 39.7 Å². The van der Waals surface area contributed by atoms with E-state index in [0.29, 0.717) is 15.8 Å². The number of nitrogens with one attached hydrogen (secondary N) is 2. The summed E-state index contributed by atoms with van der Waals surface area (Å²) in [4.78, 5) is 10.1. The van der Waals surface area contributed by atoms with Crippen LogP contribution in [0.3, 0.4) is 0 Å². The summed E-state index contributed by atoms with van der Waals surface area (Å²) in [5, 5.41) is 17.4. The largest absolute Gasteiger partial charge is 0.332 e. The molecule has 21 heavy (non-hydrogen) atoms. The number of non-ortho nitro benzene ring substituents is 1. The molecule has 2 aromatic rings. The highest BCUT2D eigenvalue weighted by molar-refractivity contribution is 9.10. The average Bonchev–Trinajstić information content (AvgIpc) is 2.43. The Labute approximate surface area is 139 Å². The molecule has 8 heteroatoms. The van der Waals surface area contributed by atoms with Crippen molar-refractivity contribution < 1.29 is 4.92 Å². The molecule has 0 saturated heterocycles. The zero-order chi connectivity index (χ0) is 15.4. The molecule has 0 atom stereocenters. The summed E-state index contributed by atoms with van der Waals surface area (Å²) in [5.74, 6) is 0. The Morgan fingerprint density at radius 1 is 1.14 bits per heavy atom. The third-order valence-electron chi connectivity index (χ3n) is 2.51. The Balaban J connectivity index is 2.01. The van der Waals surface area contributed by atoms with E-state index in [4.69, 9.17) is 23.8 Å². The molecule has 0 fully saturated rings. The first kappa shape index (κ1) is 15.7. The molecule has 2 rings (SSSR count). The Bertz CT molecular complexity index is 694. The van der Waals surface area contributed by atoms with Gasteiger partial charge in [0.05, 0.1) is 9.95 Å². The highest BCUT2D eigenvalue weighted by Gasteiger charge is 2.05. The molecule has 0 saturated carbocycles. The van der Waals surface area contributed by atoms with E-state index in [9.17, 15) is 10.1 Å². The third kappa shape index (κ3) is 4.38. The maximum atomic E-state index is 10.6. The lowest BCUT2D eigenvalue weighted by molar-refractivity contribution is -0.384. The summed E-state index contributed by atoms with van der Waals surface area (Å²) in [6.45, 7) is 0. The molecule has 0 aliphatic carbocycles. The molecule has 2 N–H and O–H groups in total. The summed E-state index contributed by atoms with van der Waals surface area (Å²) in [6.07, 6.45) is 0. The second kappa shape index (κ2) is 6.84. The van der Waals surface area contributed by atoms with E-state index in [-0.39, 0.29) is 5.69 Å². The number of hydrogen-bond donors (Lipinski definition) is 2. The fourth-order valence-electron chi connectivity index (χ4n) is 1.53. The number of hydrogen-bond acceptors (Lipinski definition) is 3. The fourth-order valence-corrected chi connectivity index (χ4v) is 2.20. The zero-order valence-electron chi connectivity index (χ0n) is 10.5. The molecule has 2 aromatic carbocycles. The van der Waals surface area contributed by atoms with Crippen LogP contribution in [0.5, 0.6) is 0 Å². The summed E-state index contributed by atoms with van der Waals surface area (Å²) < 4.78 is 0.795. The first-order valence-corrected chi connectivity index (χ1v) is 7.31. The van der Waals surface area contributed by atoms with Crippen molar-refractivity contribution in [2.75, 3.05) is 10.6 Å². The van der Waals surface area contributed by atoms with Gasteiger partial charge in [0.25, 0.3) is 5.69 Å². The zero-order valence-corrected chi connectivity index (χ0v) is 13.6. The first-order valence-electron chi connectivity index (χ1n) is 5.73. The summed E-state index contributed by atoms with van der Waals surface area (Å²) in [7, 11) is 0. The van der Waals surface area contributed by atoms with E-state index in [2.05, 4.69) is 26.6 Å². The monoisotopic (exact) mass is 385 g/mol. The molecule has 0 unspecified atom stereocenters. The minimum absolute atomic E-state index is 0.0270. The van der Waals surface area contributed by atoms with Gasteiger partial charge in [0.15, 0.2) is 5.11 Å². The van der Waals surface area contributed by atoms with E-state index in [1.165, 1.54) is 12.1 Å². The van der Waals surface area contributed by atoms with Gasteiger partial charge in [0.1, 0.15) is 0 Å². The van der Waals surface area contributed by atoms with Crippen LogP contribution in [0.15, 0.2) is 46.9 Å². The van der Waals surface area contributed by atoms with Gasteiger partial charge in [-0.2, -0.15) is 0 Å². The molecule has 0 heterocycles. The lowest BCUT2D eigenvalue weighted by Gasteiger charge is -2.11. The molecule has 108 valence electrons. The van der Waals surface area contributed by atoms with E-state index in [1.807, 2.05) is 6.07 Å². The van der Waals surface area contributed by atoms with Gasteiger partial charge in [0, 0.05) is 28.0 Å². The number of halogens is 2. The number of benzene rings is 2. The van der Waals surface area contributed by atoms with Crippen LogP contribution < -0.4 is 10.6 Å². The van der Waals surface area contributed by atoms with E-state index < -0.39 is 4.92 Å². The summed E-state index contributed by atoms with van der Waals surface area (Å²) in [6, 6.07) is 11.3. The Kier molecular flexibility index (Phi) is 5.11. The molecule has 0 aliphatic rings. The number of nitro benzene ring substituents is 1.